The van der Waals surface area contributed by atoms with Gasteiger partial charge in [0.25, 0.3) is 0 Å². The smallest absolute Gasteiger partial charge is 0.124 e. The molecule has 1 aromatic carbocycles. The molecule has 0 aliphatic carbocycles. The van der Waals surface area contributed by atoms with Crippen LogP contribution in [0.2, 0.25) is 0 Å². The van der Waals surface area contributed by atoms with Gasteiger partial charge in [-0.3, -0.25) is 4.98 Å². The van der Waals surface area contributed by atoms with Crippen molar-refractivity contribution in [1.82, 2.24) is 4.98 Å². The summed E-state index contributed by atoms with van der Waals surface area (Å²) in [7, 11) is 0. The van der Waals surface area contributed by atoms with Gasteiger partial charge in [-0.05, 0) is 49.9 Å². The van der Waals surface area contributed by atoms with Gasteiger partial charge >= 0.3 is 0 Å². The first-order chi connectivity index (χ1) is 9.77. The Labute approximate surface area is 125 Å². The molecule has 114 valence electrons. The summed E-state index contributed by atoms with van der Waals surface area (Å²) >= 11 is 0. The van der Waals surface area contributed by atoms with Crippen molar-refractivity contribution in [3.8, 4) is 0 Å². The van der Waals surface area contributed by atoms with Crippen molar-refractivity contribution in [1.29, 1.82) is 0 Å². The summed E-state index contributed by atoms with van der Waals surface area (Å²) < 4.78 is 13.5. The van der Waals surface area contributed by atoms with Crippen LogP contribution in [0.4, 0.5) is 10.1 Å². The second-order valence-corrected chi connectivity index (χ2v) is 6.54. The van der Waals surface area contributed by atoms with Gasteiger partial charge < -0.3 is 10.4 Å². The fourth-order valence-corrected chi connectivity index (χ4v) is 2.68. The van der Waals surface area contributed by atoms with Crippen LogP contribution in [0, 0.1) is 18.2 Å². The number of hydrogen-bond donors (Lipinski definition) is 2. The quantitative estimate of drug-likeness (QED) is 0.878. The second kappa shape index (κ2) is 5.98. The van der Waals surface area contributed by atoms with Crippen LogP contribution in [-0.2, 0) is 0 Å². The highest BCUT2D eigenvalue weighted by atomic mass is 19.1. The Hall–Kier alpha value is -1.68. The van der Waals surface area contributed by atoms with E-state index in [1.807, 2.05) is 13.0 Å². The number of fused-ring (bicyclic) bond motifs is 1. The van der Waals surface area contributed by atoms with Crippen LogP contribution in [-0.4, -0.2) is 22.7 Å². The number of aliphatic hydroxyl groups is 1. The molecule has 0 saturated carbocycles. The van der Waals surface area contributed by atoms with Crippen LogP contribution in [0.1, 0.15) is 32.9 Å². The van der Waals surface area contributed by atoms with Gasteiger partial charge in [0.05, 0.1) is 11.6 Å². The van der Waals surface area contributed by atoms with Crippen LogP contribution in [0.5, 0.6) is 0 Å². The van der Waals surface area contributed by atoms with Crippen LogP contribution < -0.4 is 5.32 Å². The Morgan fingerprint density at radius 3 is 2.71 bits per heavy atom. The summed E-state index contributed by atoms with van der Waals surface area (Å²) in [5, 5.41) is 13.7. The lowest BCUT2D eigenvalue weighted by molar-refractivity contribution is 0.135. The molecule has 1 heterocycles. The minimum absolute atomic E-state index is 0.0506. The summed E-state index contributed by atoms with van der Waals surface area (Å²) in [6, 6.07) is 6.56. The maximum Gasteiger partial charge on any atom is 0.124 e. The van der Waals surface area contributed by atoms with Gasteiger partial charge in [0.2, 0.25) is 0 Å². The second-order valence-electron chi connectivity index (χ2n) is 6.54. The number of hydrogen-bond acceptors (Lipinski definition) is 3. The molecule has 0 amide bonds. The van der Waals surface area contributed by atoms with E-state index >= 15 is 0 Å². The fourth-order valence-electron chi connectivity index (χ4n) is 2.68. The van der Waals surface area contributed by atoms with E-state index in [2.05, 4.69) is 24.1 Å². The van der Waals surface area contributed by atoms with Crippen molar-refractivity contribution < 1.29 is 9.50 Å². The predicted octanol–water partition coefficient (Wildman–Crippen LogP) is 3.89. The molecule has 4 heteroatoms. The van der Waals surface area contributed by atoms with Gasteiger partial charge in [0.1, 0.15) is 5.82 Å². The maximum absolute atomic E-state index is 13.5. The van der Waals surface area contributed by atoms with E-state index in [-0.39, 0.29) is 17.3 Å². The monoisotopic (exact) mass is 290 g/mol. The molecule has 2 aromatic rings. The molecule has 1 unspecified atom stereocenters. The number of pyridine rings is 1. The van der Waals surface area contributed by atoms with Crippen LogP contribution in [0.25, 0.3) is 10.9 Å². The standard InChI is InChI=1S/C17H23FN2O/c1-11-7-16(19-10-17(3,4)9-12(2)21)14-8-13(18)5-6-15(14)20-11/h5-8,12,21H,9-10H2,1-4H3,(H,19,20). The first kappa shape index (κ1) is 15.7. The Balaban J connectivity index is 2.27. The minimum Gasteiger partial charge on any atom is -0.393 e. The third kappa shape index (κ3) is 4.14. The lowest BCUT2D eigenvalue weighted by Gasteiger charge is -2.27. The van der Waals surface area contributed by atoms with Gasteiger partial charge in [0, 0.05) is 23.3 Å². The van der Waals surface area contributed by atoms with Crippen molar-refractivity contribution >= 4 is 16.6 Å². The molecule has 0 spiro atoms. The fraction of sp³-hybridized carbons (Fsp3) is 0.471. The van der Waals surface area contributed by atoms with Gasteiger partial charge in [-0.1, -0.05) is 13.8 Å². The van der Waals surface area contributed by atoms with Crippen molar-refractivity contribution in [2.45, 2.75) is 40.2 Å². The van der Waals surface area contributed by atoms with Gasteiger partial charge in [-0.15, -0.1) is 0 Å². The van der Waals surface area contributed by atoms with Crippen molar-refractivity contribution in [2.75, 3.05) is 11.9 Å². The summed E-state index contributed by atoms with van der Waals surface area (Å²) in [6.45, 7) is 8.62. The number of nitrogens with zero attached hydrogens (tertiary/aromatic N) is 1. The number of aromatic nitrogens is 1. The number of aliphatic hydroxyl groups excluding tert-OH is 1. The number of benzene rings is 1. The molecule has 0 aliphatic rings. The van der Waals surface area contributed by atoms with Crippen molar-refractivity contribution in [3.05, 3.63) is 35.8 Å². The molecule has 0 bridgehead atoms. The van der Waals surface area contributed by atoms with Gasteiger partial charge in [-0.25, -0.2) is 4.39 Å². The molecule has 0 aliphatic heterocycles. The molecule has 1 atom stereocenters. The number of halogens is 1. The highest BCUT2D eigenvalue weighted by molar-refractivity contribution is 5.91. The normalized spacial score (nSPS) is 13.4. The number of anilines is 1. The van der Waals surface area contributed by atoms with E-state index in [0.717, 1.165) is 22.3 Å². The van der Waals surface area contributed by atoms with E-state index in [0.29, 0.717) is 13.0 Å². The van der Waals surface area contributed by atoms with Gasteiger partial charge in [0.15, 0.2) is 0 Å². The van der Waals surface area contributed by atoms with Gasteiger partial charge in [-0.2, -0.15) is 0 Å². The molecule has 1 aromatic heterocycles. The minimum atomic E-state index is -0.338. The SMILES string of the molecule is Cc1cc(NCC(C)(C)CC(C)O)c2cc(F)ccc2n1. The lowest BCUT2D eigenvalue weighted by atomic mass is 9.87. The summed E-state index contributed by atoms with van der Waals surface area (Å²) in [5.41, 5.74) is 2.51. The van der Waals surface area contributed by atoms with Crippen LogP contribution >= 0.6 is 0 Å². The zero-order valence-corrected chi connectivity index (χ0v) is 13.1. The van der Waals surface area contributed by atoms with E-state index in [1.165, 1.54) is 12.1 Å². The Morgan fingerprint density at radius 1 is 1.33 bits per heavy atom. The molecule has 0 saturated heterocycles. The molecule has 0 fully saturated rings. The summed E-state index contributed by atoms with van der Waals surface area (Å²) in [5.74, 6) is -0.264. The maximum atomic E-state index is 13.5. The molecule has 2 N–H and O–H groups in total. The summed E-state index contributed by atoms with van der Waals surface area (Å²) in [4.78, 5) is 4.42. The largest absolute Gasteiger partial charge is 0.393 e. The lowest BCUT2D eigenvalue weighted by Crippen LogP contribution is -2.27. The molecule has 21 heavy (non-hydrogen) atoms. The number of aryl methyl sites for hydroxylation is 1. The Morgan fingerprint density at radius 2 is 2.05 bits per heavy atom. The van der Waals surface area contributed by atoms with Crippen molar-refractivity contribution in [2.24, 2.45) is 5.41 Å². The van der Waals surface area contributed by atoms with Crippen molar-refractivity contribution in [3.63, 3.8) is 0 Å². The topological polar surface area (TPSA) is 45.1 Å². The van der Waals surface area contributed by atoms with E-state index in [4.69, 9.17) is 0 Å². The average Bonchev–Trinajstić information content (AvgIpc) is 2.35. The zero-order chi connectivity index (χ0) is 15.6. The Bertz CT molecular complexity index is 638. The highest BCUT2D eigenvalue weighted by Gasteiger charge is 2.20. The average molecular weight is 290 g/mol. The first-order valence-corrected chi connectivity index (χ1v) is 7.26. The summed E-state index contributed by atoms with van der Waals surface area (Å²) in [6.07, 6.45) is 0.367. The van der Waals surface area contributed by atoms with E-state index in [1.54, 1.807) is 13.0 Å². The molecular formula is C17H23FN2O. The third-order valence-corrected chi connectivity index (χ3v) is 3.50. The number of nitrogens with one attached hydrogen (secondary N) is 1. The molecular weight excluding hydrogens is 267 g/mol. The predicted molar refractivity (Wildman–Crippen MR) is 85.0 cm³/mol. The Kier molecular flexibility index (Phi) is 4.47. The number of rotatable bonds is 5. The van der Waals surface area contributed by atoms with E-state index in [9.17, 15) is 9.50 Å². The highest BCUT2D eigenvalue weighted by Crippen LogP contribution is 2.27. The molecule has 0 radical (unpaired) electrons. The van der Waals surface area contributed by atoms with E-state index < -0.39 is 0 Å². The zero-order valence-electron chi connectivity index (χ0n) is 13.1. The molecule has 2 rings (SSSR count). The van der Waals surface area contributed by atoms with Crippen LogP contribution in [0.15, 0.2) is 24.3 Å². The molecule has 3 nitrogen and oxygen atoms in total. The third-order valence-electron chi connectivity index (χ3n) is 3.50. The first-order valence-electron chi connectivity index (χ1n) is 7.26. The van der Waals surface area contributed by atoms with Crippen LogP contribution in [0.3, 0.4) is 0 Å².